The minimum atomic E-state index is -0.579. The summed E-state index contributed by atoms with van der Waals surface area (Å²) in [5.41, 5.74) is 18.7. The van der Waals surface area contributed by atoms with Crippen LogP contribution in [-0.4, -0.2) is 19.9 Å². The second-order valence-electron chi connectivity index (χ2n) is 16.3. The molecule has 0 saturated carbocycles. The van der Waals surface area contributed by atoms with E-state index in [1.54, 1.807) is 0 Å². The van der Waals surface area contributed by atoms with Gasteiger partial charge in [-0.25, -0.2) is 15.0 Å². The number of nitrogens with zero attached hydrogens (tertiary/aromatic N) is 4. The van der Waals surface area contributed by atoms with Gasteiger partial charge >= 0.3 is 0 Å². The van der Waals surface area contributed by atoms with Crippen LogP contribution in [0.1, 0.15) is 33.4 Å². The molecule has 1 aliphatic rings. The molecule has 298 valence electrons. The first kappa shape index (κ1) is 37.9. The maximum Gasteiger partial charge on any atom is 0.164 e. The van der Waals surface area contributed by atoms with Crippen LogP contribution in [-0.2, 0) is 5.41 Å². The molecule has 0 amide bonds. The van der Waals surface area contributed by atoms with Gasteiger partial charge in [0.05, 0.1) is 5.41 Å². The molecule has 1 aliphatic carbocycles. The van der Waals surface area contributed by atoms with Crippen molar-refractivity contribution in [3.05, 3.63) is 252 Å². The van der Waals surface area contributed by atoms with Gasteiger partial charge in [0.15, 0.2) is 17.5 Å². The topological polar surface area (TPSA) is 51.6 Å². The quantitative estimate of drug-likeness (QED) is 0.153. The Bertz CT molecular complexity index is 3220. The van der Waals surface area contributed by atoms with Crippen LogP contribution in [0.2, 0.25) is 0 Å². The summed E-state index contributed by atoms with van der Waals surface area (Å²) in [4.78, 5) is 20.2. The van der Waals surface area contributed by atoms with Crippen molar-refractivity contribution in [1.29, 1.82) is 0 Å². The molecule has 0 fully saturated rings. The van der Waals surface area contributed by atoms with Gasteiger partial charge in [0, 0.05) is 29.1 Å². The third-order valence-electron chi connectivity index (χ3n) is 12.5. The van der Waals surface area contributed by atoms with Crippen molar-refractivity contribution in [2.75, 3.05) is 0 Å². The first-order chi connectivity index (χ1) is 31.1. The van der Waals surface area contributed by atoms with Crippen LogP contribution < -0.4 is 0 Å². The van der Waals surface area contributed by atoms with Crippen molar-refractivity contribution in [2.45, 2.75) is 19.3 Å². The molecule has 0 spiro atoms. The molecule has 0 unspecified atom stereocenters. The van der Waals surface area contributed by atoms with Crippen LogP contribution in [0.15, 0.2) is 219 Å². The van der Waals surface area contributed by atoms with Crippen LogP contribution in [0.25, 0.3) is 78.7 Å². The highest BCUT2D eigenvalue weighted by Crippen LogP contribution is 2.57. The second kappa shape index (κ2) is 15.7. The van der Waals surface area contributed by atoms with Gasteiger partial charge in [-0.2, -0.15) is 0 Å². The third kappa shape index (κ3) is 6.55. The van der Waals surface area contributed by atoms with E-state index in [1.807, 2.05) is 30.6 Å². The van der Waals surface area contributed by atoms with Crippen LogP contribution in [0.4, 0.5) is 0 Å². The summed E-state index contributed by atoms with van der Waals surface area (Å²) in [6, 6.07) is 73.6. The van der Waals surface area contributed by atoms with Gasteiger partial charge in [-0.1, -0.05) is 188 Å². The molecule has 2 heterocycles. The highest BCUT2D eigenvalue weighted by Gasteiger charge is 2.46. The molecule has 2 aromatic heterocycles. The van der Waals surface area contributed by atoms with Crippen molar-refractivity contribution >= 4 is 0 Å². The monoisotopic (exact) mass is 806 g/mol. The summed E-state index contributed by atoms with van der Waals surface area (Å²) >= 11 is 0. The lowest BCUT2D eigenvalue weighted by Crippen LogP contribution is -2.28. The zero-order valence-corrected chi connectivity index (χ0v) is 35.1. The summed E-state index contributed by atoms with van der Waals surface area (Å²) in [6.07, 6.45) is 3.93. The first-order valence-electron chi connectivity index (χ1n) is 21.5. The van der Waals surface area contributed by atoms with Crippen molar-refractivity contribution < 1.29 is 0 Å². The Morgan fingerprint density at radius 2 is 0.746 bits per heavy atom. The summed E-state index contributed by atoms with van der Waals surface area (Å²) in [5, 5.41) is 0. The molecule has 0 bridgehead atoms. The Labute approximate surface area is 368 Å². The summed E-state index contributed by atoms with van der Waals surface area (Å²) < 4.78 is 0. The van der Waals surface area contributed by atoms with E-state index in [1.165, 1.54) is 38.9 Å². The molecular weight excluding hydrogens is 765 g/mol. The number of aryl methyl sites for hydroxylation is 2. The van der Waals surface area contributed by atoms with Gasteiger partial charge in [0.25, 0.3) is 0 Å². The van der Waals surface area contributed by atoms with Gasteiger partial charge in [0.2, 0.25) is 0 Å². The van der Waals surface area contributed by atoms with Gasteiger partial charge in [-0.3, -0.25) is 4.98 Å². The molecule has 11 rings (SSSR count). The Balaban J connectivity index is 1.14. The molecule has 0 N–H and O–H groups in total. The van der Waals surface area contributed by atoms with Crippen LogP contribution >= 0.6 is 0 Å². The van der Waals surface area contributed by atoms with E-state index in [0.29, 0.717) is 17.5 Å². The Morgan fingerprint density at radius 3 is 1.30 bits per heavy atom. The van der Waals surface area contributed by atoms with Crippen LogP contribution in [0.3, 0.4) is 0 Å². The molecule has 4 nitrogen and oxygen atoms in total. The molecular formula is C59H42N4. The number of hydrogen-bond donors (Lipinski definition) is 0. The lowest BCUT2D eigenvalue weighted by molar-refractivity contribution is 0.769. The van der Waals surface area contributed by atoms with Crippen molar-refractivity contribution in [1.82, 2.24) is 19.9 Å². The Kier molecular flexibility index (Phi) is 9.47. The van der Waals surface area contributed by atoms with Gasteiger partial charge < -0.3 is 0 Å². The minimum absolute atomic E-state index is 0.579. The SMILES string of the molecule is Cc1cncc(C)c1-c1ccc2c(c1)C(c1ccccc1)(c1ccccc1)c1ccc(-c3nc(-c4ccccc4)nc(-c4ccc(-c5ccccc5)c(-c5ccccc5)c4)n3)cc1-2. The number of fused-ring (bicyclic) bond motifs is 3. The standard InChI is InChI=1S/C59H42N4/c1-39-37-60-38-40(2)55(39)44-28-32-50-52-35-46(30-33-53(52)59(54(50)36-44,47-24-14-6-15-25-47)48-26-16-7-17-27-48)58-62-56(43-22-12-5-13-23-43)61-57(63-58)45-29-31-49(41-18-8-3-9-19-41)51(34-45)42-20-10-4-11-21-42/h3-38H,1-2H3. The van der Waals surface area contributed by atoms with Gasteiger partial charge in [-0.05, 0) is 110 Å². The lowest BCUT2D eigenvalue weighted by atomic mass is 9.67. The van der Waals surface area contributed by atoms with E-state index < -0.39 is 5.41 Å². The van der Waals surface area contributed by atoms with E-state index in [4.69, 9.17) is 15.0 Å². The largest absolute Gasteiger partial charge is 0.264 e. The number of benzene rings is 8. The second-order valence-corrected chi connectivity index (χ2v) is 16.3. The van der Waals surface area contributed by atoms with Crippen LogP contribution in [0.5, 0.6) is 0 Å². The zero-order chi connectivity index (χ0) is 42.3. The molecule has 0 atom stereocenters. The predicted octanol–water partition coefficient (Wildman–Crippen LogP) is 14.2. The summed E-state index contributed by atoms with van der Waals surface area (Å²) in [7, 11) is 0. The van der Waals surface area contributed by atoms with Crippen molar-refractivity contribution in [3.63, 3.8) is 0 Å². The maximum atomic E-state index is 5.32. The Morgan fingerprint density at radius 1 is 0.317 bits per heavy atom. The van der Waals surface area contributed by atoms with E-state index in [9.17, 15) is 0 Å². The average molecular weight is 807 g/mol. The number of pyridine rings is 1. The minimum Gasteiger partial charge on any atom is -0.264 e. The molecule has 0 aliphatic heterocycles. The van der Waals surface area contributed by atoms with Crippen molar-refractivity contribution in [3.8, 4) is 78.7 Å². The van der Waals surface area contributed by atoms with Gasteiger partial charge in [-0.15, -0.1) is 0 Å². The number of rotatable bonds is 8. The number of aromatic nitrogens is 4. The van der Waals surface area contributed by atoms with E-state index >= 15 is 0 Å². The summed E-state index contributed by atoms with van der Waals surface area (Å²) in [6.45, 7) is 4.30. The molecule has 8 aromatic carbocycles. The average Bonchev–Trinajstić information content (AvgIpc) is 3.64. The molecule has 0 radical (unpaired) electrons. The van der Waals surface area contributed by atoms with Gasteiger partial charge in [0.1, 0.15) is 0 Å². The van der Waals surface area contributed by atoms with Crippen LogP contribution in [0, 0.1) is 13.8 Å². The normalized spacial score (nSPS) is 12.4. The lowest BCUT2D eigenvalue weighted by Gasteiger charge is -2.34. The number of hydrogen-bond acceptors (Lipinski definition) is 4. The first-order valence-corrected chi connectivity index (χ1v) is 21.5. The maximum absolute atomic E-state index is 5.32. The smallest absolute Gasteiger partial charge is 0.164 e. The third-order valence-corrected chi connectivity index (χ3v) is 12.5. The highest BCUT2D eigenvalue weighted by molar-refractivity contribution is 5.91. The van der Waals surface area contributed by atoms with E-state index in [2.05, 4.69) is 207 Å². The molecule has 0 saturated heterocycles. The Hall–Kier alpha value is -8.08. The van der Waals surface area contributed by atoms with Crippen molar-refractivity contribution in [2.24, 2.45) is 0 Å². The molecule has 63 heavy (non-hydrogen) atoms. The fraction of sp³-hybridized carbons (Fsp3) is 0.0508. The summed E-state index contributed by atoms with van der Waals surface area (Å²) in [5.74, 6) is 1.86. The molecule has 4 heteroatoms. The molecule has 10 aromatic rings. The fourth-order valence-electron chi connectivity index (χ4n) is 9.70. The van der Waals surface area contributed by atoms with E-state index in [0.717, 1.165) is 55.6 Å². The zero-order valence-electron chi connectivity index (χ0n) is 35.1. The fourth-order valence-corrected chi connectivity index (χ4v) is 9.70. The highest BCUT2D eigenvalue weighted by atomic mass is 15.0. The van der Waals surface area contributed by atoms with E-state index in [-0.39, 0.29) is 0 Å². The predicted molar refractivity (Wildman–Crippen MR) is 257 cm³/mol.